The summed E-state index contributed by atoms with van der Waals surface area (Å²) in [5.41, 5.74) is 0.240. The zero-order valence-corrected chi connectivity index (χ0v) is 8.25. The summed E-state index contributed by atoms with van der Waals surface area (Å²) in [6.45, 7) is 2.62. The van der Waals surface area contributed by atoms with E-state index in [9.17, 15) is 4.79 Å². The van der Waals surface area contributed by atoms with Gasteiger partial charge < -0.3 is 9.64 Å². The van der Waals surface area contributed by atoms with Gasteiger partial charge in [-0.1, -0.05) is 11.6 Å². The molecule has 0 spiro atoms. The van der Waals surface area contributed by atoms with E-state index in [2.05, 4.69) is 10.2 Å². The molecule has 0 amide bonds. The van der Waals surface area contributed by atoms with Crippen LogP contribution >= 0.6 is 11.6 Å². The normalized spacial score (nSPS) is 17.1. The van der Waals surface area contributed by atoms with E-state index in [0.717, 1.165) is 0 Å². The molecule has 0 unspecified atom stereocenters. The Morgan fingerprint density at radius 3 is 2.86 bits per heavy atom. The number of nitrogens with zero attached hydrogens (tertiary/aromatic N) is 2. The average molecular weight is 216 g/mol. The molecule has 76 valence electrons. The van der Waals surface area contributed by atoms with E-state index in [-0.39, 0.29) is 5.56 Å². The molecule has 1 aromatic heterocycles. The van der Waals surface area contributed by atoms with E-state index >= 15 is 0 Å². The predicted octanol–water partition coefficient (Wildman–Crippen LogP) is 0.260. The molecule has 0 radical (unpaired) electrons. The van der Waals surface area contributed by atoms with Gasteiger partial charge >= 0.3 is 0 Å². The second-order valence-electron chi connectivity index (χ2n) is 3.00. The van der Waals surface area contributed by atoms with Crippen LogP contribution in [0.1, 0.15) is 0 Å². The van der Waals surface area contributed by atoms with Crippen LogP contribution in [0.15, 0.2) is 11.0 Å². The van der Waals surface area contributed by atoms with E-state index in [4.69, 9.17) is 16.3 Å². The lowest BCUT2D eigenvalue weighted by Gasteiger charge is -2.28. The minimum Gasteiger partial charge on any atom is -0.378 e. The van der Waals surface area contributed by atoms with Gasteiger partial charge in [0.15, 0.2) is 0 Å². The SMILES string of the molecule is O=c1[nH]ncc(Cl)c1N1CCOCC1. The van der Waals surface area contributed by atoms with Crippen molar-refractivity contribution in [1.82, 2.24) is 10.2 Å². The maximum Gasteiger partial charge on any atom is 0.289 e. The van der Waals surface area contributed by atoms with Crippen LogP contribution in [0, 0.1) is 0 Å². The first-order valence-corrected chi connectivity index (χ1v) is 4.72. The molecule has 0 aliphatic carbocycles. The fraction of sp³-hybridized carbons (Fsp3) is 0.500. The van der Waals surface area contributed by atoms with E-state index in [1.54, 1.807) is 0 Å². The van der Waals surface area contributed by atoms with Crippen LogP contribution in [0.4, 0.5) is 5.69 Å². The van der Waals surface area contributed by atoms with Crippen molar-refractivity contribution in [3.63, 3.8) is 0 Å². The van der Waals surface area contributed by atoms with Crippen LogP contribution in [0.3, 0.4) is 0 Å². The summed E-state index contributed by atoms with van der Waals surface area (Å²) >= 11 is 5.90. The molecule has 1 N–H and O–H groups in total. The maximum absolute atomic E-state index is 11.5. The lowest BCUT2D eigenvalue weighted by molar-refractivity contribution is 0.122. The van der Waals surface area contributed by atoms with Crippen molar-refractivity contribution in [2.75, 3.05) is 31.2 Å². The van der Waals surface area contributed by atoms with Gasteiger partial charge in [-0.15, -0.1) is 0 Å². The molecule has 6 heteroatoms. The molecule has 2 heterocycles. The van der Waals surface area contributed by atoms with Gasteiger partial charge in [0.1, 0.15) is 5.69 Å². The van der Waals surface area contributed by atoms with E-state index in [1.165, 1.54) is 6.20 Å². The largest absolute Gasteiger partial charge is 0.378 e. The highest BCUT2D eigenvalue weighted by Gasteiger charge is 2.17. The van der Waals surface area contributed by atoms with Crippen molar-refractivity contribution in [3.05, 3.63) is 21.6 Å². The summed E-state index contributed by atoms with van der Waals surface area (Å²) in [4.78, 5) is 13.4. The van der Waals surface area contributed by atoms with Crippen molar-refractivity contribution in [1.29, 1.82) is 0 Å². The second-order valence-corrected chi connectivity index (χ2v) is 3.40. The summed E-state index contributed by atoms with van der Waals surface area (Å²) in [5, 5.41) is 6.36. The molecule has 0 saturated carbocycles. The van der Waals surface area contributed by atoms with Crippen molar-refractivity contribution in [2.45, 2.75) is 0 Å². The third-order valence-corrected chi connectivity index (χ3v) is 2.39. The number of morpholine rings is 1. The van der Waals surface area contributed by atoms with Crippen molar-refractivity contribution in [3.8, 4) is 0 Å². The molecule has 1 aromatic rings. The first-order chi connectivity index (χ1) is 6.79. The van der Waals surface area contributed by atoms with Gasteiger partial charge in [-0.25, -0.2) is 5.10 Å². The number of hydrogen-bond donors (Lipinski definition) is 1. The van der Waals surface area contributed by atoms with Crippen molar-refractivity contribution < 1.29 is 4.74 Å². The van der Waals surface area contributed by atoms with Gasteiger partial charge in [0.25, 0.3) is 5.56 Å². The third-order valence-electron chi connectivity index (χ3n) is 2.11. The lowest BCUT2D eigenvalue weighted by atomic mass is 10.3. The summed E-state index contributed by atoms with van der Waals surface area (Å²) in [6, 6.07) is 0. The molecular formula is C8H10ClN3O2. The zero-order chi connectivity index (χ0) is 9.97. The molecule has 1 aliphatic heterocycles. The molecule has 0 atom stereocenters. The predicted molar refractivity (Wildman–Crippen MR) is 52.9 cm³/mol. The van der Waals surface area contributed by atoms with E-state index < -0.39 is 0 Å². The number of aromatic amines is 1. The molecule has 5 nitrogen and oxygen atoms in total. The third kappa shape index (κ3) is 1.73. The first-order valence-electron chi connectivity index (χ1n) is 4.35. The fourth-order valence-corrected chi connectivity index (χ4v) is 1.71. The summed E-state index contributed by atoms with van der Waals surface area (Å²) in [7, 11) is 0. The standard InChI is InChI=1S/C8H10ClN3O2/c9-6-5-10-11-8(13)7(6)12-1-3-14-4-2-12/h5H,1-4H2,(H,11,13). The number of rotatable bonds is 1. The smallest absolute Gasteiger partial charge is 0.289 e. The molecule has 2 rings (SSSR count). The highest BCUT2D eigenvalue weighted by Crippen LogP contribution is 2.19. The van der Waals surface area contributed by atoms with Crippen LogP contribution in [-0.4, -0.2) is 36.5 Å². The number of ether oxygens (including phenoxy) is 1. The van der Waals surface area contributed by atoms with Gasteiger partial charge in [-0.3, -0.25) is 4.79 Å². The zero-order valence-electron chi connectivity index (χ0n) is 7.49. The highest BCUT2D eigenvalue weighted by molar-refractivity contribution is 6.33. The molecule has 1 saturated heterocycles. The maximum atomic E-state index is 11.5. The Labute approximate surface area is 85.6 Å². The average Bonchev–Trinajstić information content (AvgIpc) is 2.19. The molecular weight excluding hydrogens is 206 g/mol. The number of halogens is 1. The Morgan fingerprint density at radius 1 is 1.50 bits per heavy atom. The van der Waals surface area contributed by atoms with Gasteiger partial charge in [0.05, 0.1) is 24.4 Å². The van der Waals surface area contributed by atoms with E-state index in [0.29, 0.717) is 37.0 Å². The second kappa shape index (κ2) is 3.98. The van der Waals surface area contributed by atoms with E-state index in [1.807, 2.05) is 4.90 Å². The fourth-order valence-electron chi connectivity index (χ4n) is 1.45. The quantitative estimate of drug-likeness (QED) is 0.730. The Morgan fingerprint density at radius 2 is 2.21 bits per heavy atom. The van der Waals surface area contributed by atoms with Gasteiger partial charge in [-0.2, -0.15) is 5.10 Å². The van der Waals surface area contributed by atoms with Crippen LogP contribution in [-0.2, 0) is 4.74 Å². The van der Waals surface area contributed by atoms with Gasteiger partial charge in [0, 0.05) is 13.1 Å². The summed E-state index contributed by atoms with van der Waals surface area (Å²) < 4.78 is 5.19. The number of nitrogens with one attached hydrogen (secondary N) is 1. The molecule has 0 aromatic carbocycles. The first kappa shape index (κ1) is 9.48. The van der Waals surface area contributed by atoms with Crippen molar-refractivity contribution >= 4 is 17.3 Å². The van der Waals surface area contributed by atoms with Crippen LogP contribution in [0.25, 0.3) is 0 Å². The topological polar surface area (TPSA) is 58.2 Å². The van der Waals surface area contributed by atoms with Crippen LogP contribution < -0.4 is 10.5 Å². The molecule has 1 aliphatic rings. The highest BCUT2D eigenvalue weighted by atomic mass is 35.5. The minimum atomic E-state index is -0.251. The van der Waals surface area contributed by atoms with Crippen LogP contribution in [0.5, 0.6) is 0 Å². The lowest BCUT2D eigenvalue weighted by Crippen LogP contribution is -2.39. The molecule has 0 bridgehead atoms. The Hall–Kier alpha value is -1.07. The number of hydrogen-bond acceptors (Lipinski definition) is 4. The minimum absolute atomic E-state index is 0.251. The molecule has 14 heavy (non-hydrogen) atoms. The molecule has 1 fully saturated rings. The summed E-state index contributed by atoms with van der Waals surface area (Å²) in [5.74, 6) is 0. The number of anilines is 1. The van der Waals surface area contributed by atoms with Crippen LogP contribution in [0.2, 0.25) is 5.02 Å². The number of H-pyrrole nitrogens is 1. The van der Waals surface area contributed by atoms with Gasteiger partial charge in [0.2, 0.25) is 0 Å². The van der Waals surface area contributed by atoms with Crippen molar-refractivity contribution in [2.24, 2.45) is 0 Å². The Bertz CT molecular complexity index is 373. The summed E-state index contributed by atoms with van der Waals surface area (Å²) in [6.07, 6.45) is 1.44. The Balaban J connectivity index is 2.34. The number of aromatic nitrogens is 2. The monoisotopic (exact) mass is 215 g/mol. The Kier molecular flexibility index (Phi) is 2.69. The van der Waals surface area contributed by atoms with Gasteiger partial charge in [-0.05, 0) is 0 Å².